The Morgan fingerprint density at radius 1 is 1.23 bits per heavy atom. The zero-order valence-corrected chi connectivity index (χ0v) is 18.4. The highest BCUT2D eigenvalue weighted by molar-refractivity contribution is 9.10. The largest absolute Gasteiger partial charge is 0.508 e. The summed E-state index contributed by atoms with van der Waals surface area (Å²) in [5.41, 5.74) is 0.169. The first-order chi connectivity index (χ1) is 14.9. The van der Waals surface area contributed by atoms with Gasteiger partial charge in [-0.3, -0.25) is 14.4 Å². The summed E-state index contributed by atoms with van der Waals surface area (Å²) in [6, 6.07) is 12.4. The standard InChI is InChI=1S/C23H23BrN2O5/c24-16-4-1-3-15(12-16)21(29)25-18(11-14-6-8-17(27)9-7-14)22(30)26-23-10-2-5-20(23)31-13-19(23)28/h1,3-4,6-9,12,18,20,27H,2,5,10-11,13H2,(H,25,29)(H,26,30)/t18-,20+,23-/m0/s1. The first kappa shape index (κ1) is 21.5. The molecule has 8 heteroatoms. The minimum atomic E-state index is -1.01. The molecular formula is C23H23BrN2O5. The Bertz CT molecular complexity index is 1010. The molecule has 0 unspecified atom stereocenters. The van der Waals surface area contributed by atoms with Crippen LogP contribution in [0.3, 0.4) is 0 Å². The van der Waals surface area contributed by atoms with Gasteiger partial charge in [0.05, 0.1) is 6.10 Å². The number of phenolic OH excluding ortho intramolecular Hbond substituents is 1. The number of carbonyl (C=O) groups excluding carboxylic acids is 3. The van der Waals surface area contributed by atoms with Gasteiger partial charge in [-0.05, 0) is 55.2 Å². The van der Waals surface area contributed by atoms with Crippen molar-refractivity contribution in [2.45, 2.75) is 43.4 Å². The van der Waals surface area contributed by atoms with Crippen molar-refractivity contribution in [2.24, 2.45) is 0 Å². The number of carbonyl (C=O) groups is 3. The van der Waals surface area contributed by atoms with E-state index in [2.05, 4.69) is 26.6 Å². The summed E-state index contributed by atoms with van der Waals surface area (Å²) in [5.74, 6) is -0.828. The van der Waals surface area contributed by atoms with Gasteiger partial charge in [0, 0.05) is 16.5 Å². The van der Waals surface area contributed by atoms with E-state index in [1.807, 2.05) is 6.07 Å². The molecule has 3 atom stereocenters. The molecule has 1 aliphatic carbocycles. The average Bonchev–Trinajstić information content (AvgIpc) is 3.28. The summed E-state index contributed by atoms with van der Waals surface area (Å²) in [7, 11) is 0. The molecule has 3 N–H and O–H groups in total. The van der Waals surface area contributed by atoms with Gasteiger partial charge in [0.25, 0.3) is 5.91 Å². The maximum Gasteiger partial charge on any atom is 0.251 e. The summed E-state index contributed by atoms with van der Waals surface area (Å²) in [6.07, 6.45) is 1.94. The molecule has 31 heavy (non-hydrogen) atoms. The Hall–Kier alpha value is -2.71. The van der Waals surface area contributed by atoms with Crippen molar-refractivity contribution >= 4 is 33.5 Å². The van der Waals surface area contributed by atoms with Gasteiger partial charge in [-0.25, -0.2) is 0 Å². The average molecular weight is 487 g/mol. The summed E-state index contributed by atoms with van der Waals surface area (Å²) >= 11 is 3.35. The van der Waals surface area contributed by atoms with E-state index in [0.29, 0.717) is 12.0 Å². The maximum atomic E-state index is 13.3. The van der Waals surface area contributed by atoms with Gasteiger partial charge in [0.15, 0.2) is 5.78 Å². The molecule has 7 nitrogen and oxygen atoms in total. The third-order valence-electron chi connectivity index (χ3n) is 5.93. The molecule has 2 aromatic rings. The third-order valence-corrected chi connectivity index (χ3v) is 6.42. The van der Waals surface area contributed by atoms with Crippen molar-refractivity contribution in [3.63, 3.8) is 0 Å². The smallest absolute Gasteiger partial charge is 0.251 e. The molecule has 1 aliphatic heterocycles. The van der Waals surface area contributed by atoms with Gasteiger partial charge in [0.1, 0.15) is 23.9 Å². The number of amides is 2. The van der Waals surface area contributed by atoms with Crippen molar-refractivity contribution in [3.05, 3.63) is 64.1 Å². The van der Waals surface area contributed by atoms with E-state index in [0.717, 1.165) is 22.9 Å². The fraction of sp³-hybridized carbons (Fsp3) is 0.348. The third kappa shape index (κ3) is 4.50. The number of fused-ring (bicyclic) bond motifs is 1. The van der Waals surface area contributed by atoms with Gasteiger partial charge in [-0.2, -0.15) is 0 Å². The van der Waals surface area contributed by atoms with E-state index >= 15 is 0 Å². The number of ether oxygens (including phenoxy) is 1. The summed E-state index contributed by atoms with van der Waals surface area (Å²) in [5, 5.41) is 15.3. The molecule has 1 heterocycles. The quantitative estimate of drug-likeness (QED) is 0.581. The molecule has 0 aromatic heterocycles. The maximum absolute atomic E-state index is 13.3. The number of aromatic hydroxyl groups is 1. The van der Waals surface area contributed by atoms with E-state index in [1.165, 1.54) is 12.1 Å². The molecule has 0 radical (unpaired) electrons. The number of halogens is 1. The number of benzene rings is 2. The monoisotopic (exact) mass is 486 g/mol. The second-order valence-electron chi connectivity index (χ2n) is 7.98. The minimum Gasteiger partial charge on any atom is -0.508 e. The molecular weight excluding hydrogens is 464 g/mol. The second kappa shape index (κ2) is 8.80. The van der Waals surface area contributed by atoms with E-state index in [9.17, 15) is 19.5 Å². The lowest BCUT2D eigenvalue weighted by Gasteiger charge is -2.30. The van der Waals surface area contributed by atoms with Gasteiger partial charge >= 0.3 is 0 Å². The number of phenols is 1. The van der Waals surface area contributed by atoms with Crippen LogP contribution < -0.4 is 10.6 Å². The predicted octanol–water partition coefficient (Wildman–Crippen LogP) is 2.50. The van der Waals surface area contributed by atoms with Crippen molar-refractivity contribution in [2.75, 3.05) is 6.61 Å². The van der Waals surface area contributed by atoms with Gasteiger partial charge in [-0.1, -0.05) is 34.1 Å². The highest BCUT2D eigenvalue weighted by Crippen LogP contribution is 2.37. The zero-order chi connectivity index (χ0) is 22.0. The fourth-order valence-corrected chi connectivity index (χ4v) is 4.69. The molecule has 1 saturated heterocycles. The van der Waals surface area contributed by atoms with Crippen molar-refractivity contribution in [3.8, 4) is 5.75 Å². The molecule has 162 valence electrons. The Balaban J connectivity index is 1.56. The Morgan fingerprint density at radius 2 is 2.00 bits per heavy atom. The number of hydrogen-bond acceptors (Lipinski definition) is 5. The van der Waals surface area contributed by atoms with Crippen LogP contribution in [0.15, 0.2) is 53.0 Å². The van der Waals surface area contributed by atoms with E-state index in [-0.39, 0.29) is 30.7 Å². The van der Waals surface area contributed by atoms with Crippen LogP contribution in [0.2, 0.25) is 0 Å². The van der Waals surface area contributed by atoms with Crippen LogP contribution >= 0.6 is 15.9 Å². The van der Waals surface area contributed by atoms with Crippen LogP contribution in [-0.4, -0.2) is 47.0 Å². The van der Waals surface area contributed by atoms with Gasteiger partial charge in [0.2, 0.25) is 5.91 Å². The topological polar surface area (TPSA) is 105 Å². The lowest BCUT2D eigenvalue weighted by atomic mass is 9.91. The van der Waals surface area contributed by atoms with Crippen LogP contribution in [0.5, 0.6) is 5.75 Å². The molecule has 0 spiro atoms. The second-order valence-corrected chi connectivity index (χ2v) is 8.90. The fourth-order valence-electron chi connectivity index (χ4n) is 4.29. The number of nitrogens with one attached hydrogen (secondary N) is 2. The minimum absolute atomic E-state index is 0.00201. The van der Waals surface area contributed by atoms with Crippen LogP contribution in [0.1, 0.15) is 35.2 Å². The van der Waals surface area contributed by atoms with E-state index in [4.69, 9.17) is 4.74 Å². The highest BCUT2D eigenvalue weighted by Gasteiger charge is 2.55. The lowest BCUT2D eigenvalue weighted by molar-refractivity contribution is -0.131. The van der Waals surface area contributed by atoms with Crippen LogP contribution in [-0.2, 0) is 20.7 Å². The summed E-state index contributed by atoms with van der Waals surface area (Å²) in [6.45, 7) is -0.00201. The zero-order valence-electron chi connectivity index (χ0n) is 16.8. The van der Waals surface area contributed by atoms with Crippen molar-refractivity contribution in [1.82, 2.24) is 10.6 Å². The van der Waals surface area contributed by atoms with Crippen LogP contribution in [0.25, 0.3) is 0 Å². The Labute approximate surface area is 188 Å². The van der Waals surface area contributed by atoms with E-state index in [1.54, 1.807) is 30.3 Å². The van der Waals surface area contributed by atoms with Gasteiger partial charge < -0.3 is 20.5 Å². The molecule has 4 rings (SSSR count). The van der Waals surface area contributed by atoms with Crippen molar-refractivity contribution < 1.29 is 24.2 Å². The number of rotatable bonds is 6. The summed E-state index contributed by atoms with van der Waals surface area (Å²) < 4.78 is 6.33. The summed E-state index contributed by atoms with van der Waals surface area (Å²) in [4.78, 5) is 38.7. The van der Waals surface area contributed by atoms with Crippen LogP contribution in [0, 0.1) is 0 Å². The normalized spacial score (nSPS) is 23.3. The molecule has 2 aliphatic rings. The lowest BCUT2D eigenvalue weighted by Crippen LogP contribution is -2.60. The molecule has 0 bridgehead atoms. The number of Topliss-reactive ketones (excluding diaryl/α,β-unsaturated/α-hetero) is 1. The van der Waals surface area contributed by atoms with Gasteiger partial charge in [-0.15, -0.1) is 0 Å². The molecule has 2 fully saturated rings. The molecule has 1 saturated carbocycles. The van der Waals surface area contributed by atoms with Crippen molar-refractivity contribution in [1.29, 1.82) is 0 Å². The predicted molar refractivity (Wildman–Crippen MR) is 117 cm³/mol. The SMILES string of the molecule is O=C(N[C@@H](Cc1ccc(O)cc1)C(=O)N[C@]12CCC[C@H]1OCC2=O)c1cccc(Br)c1. The molecule has 2 amide bonds. The Morgan fingerprint density at radius 3 is 2.74 bits per heavy atom. The van der Waals surface area contributed by atoms with Crippen LogP contribution in [0.4, 0.5) is 0 Å². The highest BCUT2D eigenvalue weighted by atomic mass is 79.9. The number of hydrogen-bond donors (Lipinski definition) is 3. The molecule has 2 aromatic carbocycles. The number of ketones is 1. The van der Waals surface area contributed by atoms with E-state index < -0.39 is 23.4 Å². The first-order valence-corrected chi connectivity index (χ1v) is 11.0. The first-order valence-electron chi connectivity index (χ1n) is 10.2. The Kier molecular flexibility index (Phi) is 6.11.